The van der Waals surface area contributed by atoms with Gasteiger partial charge in [-0.3, -0.25) is 14.5 Å². The van der Waals surface area contributed by atoms with Crippen molar-refractivity contribution >= 4 is 67.3 Å². The normalized spacial score (nSPS) is 19.3. The van der Waals surface area contributed by atoms with Gasteiger partial charge in [-0.1, -0.05) is 99.2 Å². The number of thiocarbonyl (C=S) groups is 1. The topological polar surface area (TPSA) is 40.6 Å². The monoisotopic (exact) mass is 536 g/mol. The number of nitrogens with zero attached hydrogens (tertiary/aromatic N) is 2. The second-order valence-electron chi connectivity index (χ2n) is 8.58. The molecule has 7 heteroatoms. The van der Waals surface area contributed by atoms with Crippen LogP contribution in [-0.4, -0.2) is 34.1 Å². The van der Waals surface area contributed by atoms with Crippen LogP contribution in [0.5, 0.6) is 0 Å². The minimum Gasteiger partial charge on any atom is -0.308 e. The third-order valence-electron chi connectivity index (χ3n) is 6.27. The first kappa shape index (κ1) is 25.4. The zero-order valence-electron chi connectivity index (χ0n) is 19.3. The highest BCUT2D eigenvalue weighted by Gasteiger charge is 2.42. The Balaban J connectivity index is 1.90. The van der Waals surface area contributed by atoms with Gasteiger partial charge < -0.3 is 4.90 Å². The summed E-state index contributed by atoms with van der Waals surface area (Å²) >= 11 is 10.4. The van der Waals surface area contributed by atoms with Crippen LogP contribution in [0.3, 0.4) is 0 Å². The molecule has 0 radical (unpaired) electrons. The summed E-state index contributed by atoms with van der Waals surface area (Å²) in [5.74, 6) is 0.239. The molecule has 4 nitrogen and oxygen atoms in total. The molecule has 32 heavy (non-hydrogen) atoms. The third kappa shape index (κ3) is 5.48. The maximum atomic E-state index is 13.5. The van der Waals surface area contributed by atoms with Gasteiger partial charge in [0.25, 0.3) is 11.8 Å². The summed E-state index contributed by atoms with van der Waals surface area (Å²) < 4.78 is 1.47. The second kappa shape index (κ2) is 11.8. The molecular weight excluding hydrogens is 504 g/mol. The van der Waals surface area contributed by atoms with Gasteiger partial charge in [0.05, 0.1) is 16.2 Å². The first-order valence-corrected chi connectivity index (χ1v) is 13.8. The Hall–Kier alpha value is -1.18. The number of hydrogen-bond acceptors (Lipinski definition) is 4. The number of hydrogen-bond donors (Lipinski definition) is 0. The van der Waals surface area contributed by atoms with Crippen LogP contribution in [0.25, 0.3) is 5.57 Å². The van der Waals surface area contributed by atoms with Gasteiger partial charge in [-0.2, -0.15) is 0 Å². The lowest BCUT2D eigenvalue weighted by Gasteiger charge is -2.21. The average molecular weight is 538 g/mol. The lowest BCUT2D eigenvalue weighted by molar-refractivity contribution is -0.123. The third-order valence-corrected chi connectivity index (χ3v) is 8.21. The minimum atomic E-state index is -0.114. The predicted molar refractivity (Wildman–Crippen MR) is 143 cm³/mol. The van der Waals surface area contributed by atoms with Gasteiger partial charge in [-0.25, -0.2) is 0 Å². The van der Waals surface area contributed by atoms with E-state index in [4.69, 9.17) is 12.2 Å². The van der Waals surface area contributed by atoms with Crippen molar-refractivity contribution in [3.8, 4) is 0 Å². The zero-order valence-corrected chi connectivity index (χ0v) is 22.5. The number of anilines is 1. The molecule has 1 aromatic carbocycles. The molecule has 0 spiro atoms. The van der Waals surface area contributed by atoms with E-state index in [0.29, 0.717) is 33.8 Å². The van der Waals surface area contributed by atoms with Gasteiger partial charge in [-0.05, 0) is 37.0 Å². The summed E-state index contributed by atoms with van der Waals surface area (Å²) in [6.07, 6.45) is 8.78. The van der Waals surface area contributed by atoms with Crippen LogP contribution in [0.2, 0.25) is 0 Å². The molecule has 0 N–H and O–H groups in total. The number of fused-ring (bicyclic) bond motifs is 1. The van der Waals surface area contributed by atoms with E-state index in [1.54, 1.807) is 4.90 Å². The van der Waals surface area contributed by atoms with Crippen LogP contribution in [0.1, 0.15) is 77.7 Å². The maximum absolute atomic E-state index is 13.5. The Morgan fingerprint density at radius 2 is 1.75 bits per heavy atom. The lowest BCUT2D eigenvalue weighted by Crippen LogP contribution is -2.33. The molecule has 0 aliphatic carbocycles. The number of benzene rings is 1. The molecule has 2 amide bonds. The molecule has 1 unspecified atom stereocenters. The molecule has 1 saturated heterocycles. The lowest BCUT2D eigenvalue weighted by atomic mass is 9.98. The molecule has 3 rings (SSSR count). The van der Waals surface area contributed by atoms with E-state index in [-0.39, 0.29) is 11.8 Å². The van der Waals surface area contributed by atoms with Crippen molar-refractivity contribution in [2.24, 2.45) is 5.92 Å². The van der Waals surface area contributed by atoms with Gasteiger partial charge in [0.2, 0.25) is 0 Å². The molecule has 1 fully saturated rings. The number of halogens is 1. The van der Waals surface area contributed by atoms with Crippen molar-refractivity contribution in [3.05, 3.63) is 33.1 Å². The van der Waals surface area contributed by atoms with Crippen LogP contribution in [0.4, 0.5) is 5.69 Å². The van der Waals surface area contributed by atoms with Crippen molar-refractivity contribution in [1.29, 1.82) is 0 Å². The summed E-state index contributed by atoms with van der Waals surface area (Å²) in [6, 6.07) is 5.89. The number of unbranched alkanes of at least 4 members (excludes halogenated alkanes) is 4. The second-order valence-corrected chi connectivity index (χ2v) is 11.1. The van der Waals surface area contributed by atoms with E-state index in [1.165, 1.54) is 11.8 Å². The Bertz CT molecular complexity index is 915. The summed E-state index contributed by atoms with van der Waals surface area (Å²) in [4.78, 5) is 31.0. The molecule has 0 aromatic heterocycles. The first-order chi connectivity index (χ1) is 15.4. The predicted octanol–water partition coefficient (Wildman–Crippen LogP) is 7.16. The van der Waals surface area contributed by atoms with E-state index in [2.05, 4.69) is 36.7 Å². The number of carbonyl (C=O) groups is 2. The van der Waals surface area contributed by atoms with Crippen molar-refractivity contribution in [2.45, 2.75) is 72.1 Å². The SMILES string of the molecule is CCCCCCN1C(=O)/C(=C2\SC(=S)N(CC(CC)CCCC)C2=O)c2cc(Br)ccc21. The molecule has 174 valence electrons. The van der Waals surface area contributed by atoms with Crippen molar-refractivity contribution in [1.82, 2.24) is 4.90 Å². The summed E-state index contributed by atoms with van der Waals surface area (Å²) in [7, 11) is 0. The van der Waals surface area contributed by atoms with Crippen LogP contribution >= 0.6 is 39.9 Å². The molecule has 0 bridgehead atoms. The highest BCUT2D eigenvalue weighted by molar-refractivity contribution is 9.10. The fraction of sp³-hybridized carbons (Fsp3) is 0.560. The van der Waals surface area contributed by atoms with Gasteiger partial charge >= 0.3 is 0 Å². The van der Waals surface area contributed by atoms with E-state index in [1.807, 2.05) is 23.1 Å². The van der Waals surface area contributed by atoms with E-state index < -0.39 is 0 Å². The Labute approximate surface area is 210 Å². The quantitative estimate of drug-likeness (QED) is 0.171. The Morgan fingerprint density at radius 3 is 2.44 bits per heavy atom. The first-order valence-electron chi connectivity index (χ1n) is 11.8. The van der Waals surface area contributed by atoms with Crippen LogP contribution < -0.4 is 4.90 Å². The molecule has 2 aliphatic rings. The minimum absolute atomic E-state index is 0.0758. The van der Waals surface area contributed by atoms with Crippen LogP contribution in [-0.2, 0) is 9.59 Å². The summed E-state index contributed by atoms with van der Waals surface area (Å²) in [5, 5.41) is 0. The molecule has 0 saturated carbocycles. The average Bonchev–Trinajstić information content (AvgIpc) is 3.20. The fourth-order valence-corrected chi connectivity index (χ4v) is 6.03. The highest BCUT2D eigenvalue weighted by atomic mass is 79.9. The number of amides is 2. The number of carbonyl (C=O) groups excluding carboxylic acids is 2. The fourth-order valence-electron chi connectivity index (χ4n) is 4.32. The van der Waals surface area contributed by atoms with Gasteiger partial charge in [0.15, 0.2) is 0 Å². The van der Waals surface area contributed by atoms with Crippen molar-refractivity contribution < 1.29 is 9.59 Å². The van der Waals surface area contributed by atoms with Gasteiger partial charge in [-0.15, -0.1) is 0 Å². The molecule has 1 atom stereocenters. The van der Waals surface area contributed by atoms with Crippen molar-refractivity contribution in [3.63, 3.8) is 0 Å². The zero-order chi connectivity index (χ0) is 23.3. The maximum Gasteiger partial charge on any atom is 0.267 e. The summed E-state index contributed by atoms with van der Waals surface area (Å²) in [5.41, 5.74) is 2.24. The van der Waals surface area contributed by atoms with Crippen LogP contribution in [0.15, 0.2) is 27.6 Å². The smallest absolute Gasteiger partial charge is 0.267 e. The van der Waals surface area contributed by atoms with Crippen molar-refractivity contribution in [2.75, 3.05) is 18.0 Å². The molecular formula is C25H33BrN2O2S2. The summed E-state index contributed by atoms with van der Waals surface area (Å²) in [6.45, 7) is 7.84. The van der Waals surface area contributed by atoms with Crippen LogP contribution in [0, 0.1) is 5.92 Å². The molecule has 2 heterocycles. The van der Waals surface area contributed by atoms with E-state index in [9.17, 15) is 9.59 Å². The molecule has 2 aliphatic heterocycles. The standard InChI is InChI=1S/C25H33BrN2O2S2/c1-4-7-9-10-14-27-20-13-12-18(26)15-19(20)21(23(27)29)22-24(30)28(25(31)32-22)16-17(6-3)11-8-5-2/h12-13,15,17H,4-11,14,16H2,1-3H3/b22-21-. The van der Waals surface area contributed by atoms with Gasteiger partial charge in [0.1, 0.15) is 4.32 Å². The largest absolute Gasteiger partial charge is 0.308 e. The number of thioether (sulfide) groups is 1. The molecule has 1 aromatic rings. The van der Waals surface area contributed by atoms with E-state index >= 15 is 0 Å². The van der Waals surface area contributed by atoms with Gasteiger partial charge in [0, 0.05) is 23.1 Å². The number of rotatable bonds is 11. The Morgan fingerprint density at radius 1 is 1.00 bits per heavy atom. The Kier molecular flexibility index (Phi) is 9.38. The highest BCUT2D eigenvalue weighted by Crippen LogP contribution is 2.45. The van der Waals surface area contributed by atoms with E-state index in [0.717, 1.165) is 67.1 Å².